The van der Waals surface area contributed by atoms with Crippen LogP contribution in [0.1, 0.15) is 10.4 Å². The Kier molecular flexibility index (Phi) is 2.45. The predicted octanol–water partition coefficient (Wildman–Crippen LogP) is 2.75. The molecule has 0 atom stereocenters. The molecular weight excluding hydrogens is 224 g/mol. The molecule has 1 N–H and O–H groups in total. The number of aromatic nitrogens is 1. The Bertz CT molecular complexity index is 750. The van der Waals surface area contributed by atoms with E-state index in [9.17, 15) is 4.79 Å². The molecule has 0 aliphatic carbocycles. The first-order valence-corrected chi connectivity index (χ1v) is 5.80. The van der Waals surface area contributed by atoms with Gasteiger partial charge in [0.2, 0.25) is 0 Å². The lowest BCUT2D eigenvalue weighted by Crippen LogP contribution is -2.18. The summed E-state index contributed by atoms with van der Waals surface area (Å²) in [5.74, 6) is -0.108. The summed E-state index contributed by atoms with van der Waals surface area (Å²) in [6.07, 6.45) is 0. The molecule has 1 amide bonds. The SMILES string of the molecule is CNC(=O)c1cccc2cc3ccccc3nc12. The van der Waals surface area contributed by atoms with Crippen LogP contribution >= 0.6 is 0 Å². The second-order valence-electron chi connectivity index (χ2n) is 4.14. The second-order valence-corrected chi connectivity index (χ2v) is 4.14. The molecule has 0 bridgehead atoms. The van der Waals surface area contributed by atoms with Gasteiger partial charge in [-0.15, -0.1) is 0 Å². The number of carbonyl (C=O) groups excluding carboxylic acids is 1. The molecule has 0 radical (unpaired) electrons. The smallest absolute Gasteiger partial charge is 0.253 e. The molecule has 0 saturated heterocycles. The summed E-state index contributed by atoms with van der Waals surface area (Å²) in [4.78, 5) is 16.4. The van der Waals surface area contributed by atoms with Crippen molar-refractivity contribution in [1.29, 1.82) is 0 Å². The Morgan fingerprint density at radius 2 is 1.83 bits per heavy atom. The molecular formula is C15H12N2O. The average Bonchev–Trinajstić information content (AvgIpc) is 2.43. The molecule has 0 aliphatic rings. The van der Waals surface area contributed by atoms with Crippen molar-refractivity contribution in [1.82, 2.24) is 10.3 Å². The van der Waals surface area contributed by atoms with Gasteiger partial charge in [-0.05, 0) is 18.2 Å². The van der Waals surface area contributed by atoms with E-state index >= 15 is 0 Å². The zero-order chi connectivity index (χ0) is 12.5. The molecule has 0 fully saturated rings. The molecule has 1 heterocycles. The van der Waals surface area contributed by atoms with Gasteiger partial charge in [0.05, 0.1) is 16.6 Å². The van der Waals surface area contributed by atoms with E-state index in [0.29, 0.717) is 5.56 Å². The van der Waals surface area contributed by atoms with Crippen molar-refractivity contribution in [3.63, 3.8) is 0 Å². The number of para-hydroxylation sites is 2. The summed E-state index contributed by atoms with van der Waals surface area (Å²) in [6.45, 7) is 0. The van der Waals surface area contributed by atoms with Gasteiger partial charge in [-0.25, -0.2) is 4.98 Å². The zero-order valence-corrected chi connectivity index (χ0v) is 9.97. The van der Waals surface area contributed by atoms with Crippen LogP contribution in [0.15, 0.2) is 48.5 Å². The largest absolute Gasteiger partial charge is 0.355 e. The number of hydrogen-bond acceptors (Lipinski definition) is 2. The van der Waals surface area contributed by atoms with Crippen LogP contribution in [0.5, 0.6) is 0 Å². The van der Waals surface area contributed by atoms with E-state index in [2.05, 4.69) is 16.4 Å². The molecule has 3 heteroatoms. The highest BCUT2D eigenvalue weighted by molar-refractivity contribution is 6.07. The number of fused-ring (bicyclic) bond motifs is 2. The molecule has 0 saturated carbocycles. The number of benzene rings is 2. The number of pyridine rings is 1. The van der Waals surface area contributed by atoms with Crippen molar-refractivity contribution in [3.05, 3.63) is 54.1 Å². The van der Waals surface area contributed by atoms with Gasteiger partial charge in [-0.3, -0.25) is 4.79 Å². The van der Waals surface area contributed by atoms with Crippen LogP contribution in [0.2, 0.25) is 0 Å². The summed E-state index contributed by atoms with van der Waals surface area (Å²) >= 11 is 0. The van der Waals surface area contributed by atoms with Gasteiger partial charge in [0.1, 0.15) is 0 Å². The second kappa shape index (κ2) is 4.11. The van der Waals surface area contributed by atoms with Crippen LogP contribution in [0.4, 0.5) is 0 Å². The Morgan fingerprint density at radius 3 is 2.67 bits per heavy atom. The van der Waals surface area contributed by atoms with Gasteiger partial charge in [0.15, 0.2) is 0 Å². The topological polar surface area (TPSA) is 42.0 Å². The van der Waals surface area contributed by atoms with Crippen LogP contribution in [0.25, 0.3) is 21.8 Å². The van der Waals surface area contributed by atoms with Crippen LogP contribution in [0.3, 0.4) is 0 Å². The third kappa shape index (κ3) is 1.61. The summed E-state index contributed by atoms with van der Waals surface area (Å²) < 4.78 is 0. The van der Waals surface area contributed by atoms with E-state index in [1.165, 1.54) is 0 Å². The maximum absolute atomic E-state index is 11.8. The van der Waals surface area contributed by atoms with Gasteiger partial charge in [-0.1, -0.05) is 30.3 Å². The van der Waals surface area contributed by atoms with Crippen molar-refractivity contribution in [3.8, 4) is 0 Å². The number of carbonyl (C=O) groups is 1. The molecule has 0 unspecified atom stereocenters. The molecule has 3 nitrogen and oxygen atoms in total. The summed E-state index contributed by atoms with van der Waals surface area (Å²) in [5, 5.41) is 4.71. The number of hydrogen-bond donors (Lipinski definition) is 1. The van der Waals surface area contributed by atoms with Crippen molar-refractivity contribution in [2.24, 2.45) is 0 Å². The van der Waals surface area contributed by atoms with Crippen molar-refractivity contribution in [2.45, 2.75) is 0 Å². The fourth-order valence-corrected chi connectivity index (χ4v) is 2.12. The van der Waals surface area contributed by atoms with Crippen molar-refractivity contribution < 1.29 is 4.79 Å². The quantitative estimate of drug-likeness (QED) is 0.660. The van der Waals surface area contributed by atoms with E-state index in [0.717, 1.165) is 21.8 Å². The van der Waals surface area contributed by atoms with Gasteiger partial charge >= 0.3 is 0 Å². The molecule has 2 aromatic carbocycles. The Balaban J connectivity index is 2.39. The third-order valence-electron chi connectivity index (χ3n) is 3.02. The summed E-state index contributed by atoms with van der Waals surface area (Å²) in [7, 11) is 1.63. The Labute approximate surface area is 104 Å². The van der Waals surface area contributed by atoms with E-state index in [-0.39, 0.29) is 5.91 Å². The van der Waals surface area contributed by atoms with Gasteiger partial charge < -0.3 is 5.32 Å². The minimum absolute atomic E-state index is 0.108. The molecule has 1 aromatic heterocycles. The molecule has 18 heavy (non-hydrogen) atoms. The lowest BCUT2D eigenvalue weighted by atomic mass is 10.1. The minimum atomic E-state index is -0.108. The first-order chi connectivity index (χ1) is 8.79. The highest BCUT2D eigenvalue weighted by Gasteiger charge is 2.09. The fourth-order valence-electron chi connectivity index (χ4n) is 2.12. The van der Waals surface area contributed by atoms with Gasteiger partial charge in [-0.2, -0.15) is 0 Å². The lowest BCUT2D eigenvalue weighted by molar-refractivity contribution is 0.0964. The molecule has 0 aliphatic heterocycles. The highest BCUT2D eigenvalue weighted by atomic mass is 16.1. The third-order valence-corrected chi connectivity index (χ3v) is 3.02. The van der Waals surface area contributed by atoms with E-state index in [4.69, 9.17) is 0 Å². The average molecular weight is 236 g/mol. The van der Waals surface area contributed by atoms with E-state index in [1.54, 1.807) is 13.1 Å². The molecule has 0 spiro atoms. The van der Waals surface area contributed by atoms with E-state index < -0.39 is 0 Å². The maximum atomic E-state index is 11.8. The van der Waals surface area contributed by atoms with E-state index in [1.807, 2.05) is 36.4 Å². The minimum Gasteiger partial charge on any atom is -0.355 e. The fraction of sp³-hybridized carbons (Fsp3) is 0.0667. The summed E-state index contributed by atoms with van der Waals surface area (Å²) in [5.41, 5.74) is 2.26. The van der Waals surface area contributed by atoms with Crippen molar-refractivity contribution in [2.75, 3.05) is 7.05 Å². The highest BCUT2D eigenvalue weighted by Crippen LogP contribution is 2.22. The molecule has 3 aromatic rings. The van der Waals surface area contributed by atoms with Gasteiger partial charge in [0.25, 0.3) is 5.91 Å². The standard InChI is InChI=1S/C15H12N2O/c1-16-15(18)12-7-4-6-11-9-10-5-2-3-8-13(10)17-14(11)12/h2-9H,1H3,(H,16,18). The number of nitrogens with one attached hydrogen (secondary N) is 1. The number of amides is 1. The van der Waals surface area contributed by atoms with Crippen LogP contribution in [0, 0.1) is 0 Å². The Morgan fingerprint density at radius 1 is 1.06 bits per heavy atom. The van der Waals surface area contributed by atoms with Crippen LogP contribution < -0.4 is 5.32 Å². The zero-order valence-electron chi connectivity index (χ0n) is 9.97. The van der Waals surface area contributed by atoms with Crippen LogP contribution in [-0.2, 0) is 0 Å². The summed E-state index contributed by atoms with van der Waals surface area (Å²) in [6, 6.07) is 15.6. The lowest BCUT2D eigenvalue weighted by Gasteiger charge is -2.06. The normalized spacial score (nSPS) is 10.7. The van der Waals surface area contributed by atoms with Crippen LogP contribution in [-0.4, -0.2) is 17.9 Å². The predicted molar refractivity (Wildman–Crippen MR) is 72.6 cm³/mol. The maximum Gasteiger partial charge on any atom is 0.253 e. The Hall–Kier alpha value is -2.42. The first kappa shape index (κ1) is 10.7. The molecule has 88 valence electrons. The first-order valence-electron chi connectivity index (χ1n) is 5.80. The number of rotatable bonds is 1. The molecule has 3 rings (SSSR count). The monoisotopic (exact) mass is 236 g/mol. The number of nitrogens with zero attached hydrogens (tertiary/aromatic N) is 1. The van der Waals surface area contributed by atoms with Gasteiger partial charge in [0, 0.05) is 17.8 Å². The van der Waals surface area contributed by atoms with Crippen molar-refractivity contribution >= 4 is 27.7 Å².